The van der Waals surface area contributed by atoms with E-state index in [-0.39, 0.29) is 23.3 Å². The van der Waals surface area contributed by atoms with E-state index < -0.39 is 0 Å². The van der Waals surface area contributed by atoms with Crippen LogP contribution in [0, 0.1) is 6.92 Å². The van der Waals surface area contributed by atoms with Crippen molar-refractivity contribution in [2.75, 3.05) is 13.2 Å². The molecule has 1 fully saturated rings. The molecule has 0 unspecified atom stereocenters. The molecule has 0 aromatic carbocycles. The molecule has 1 saturated heterocycles. The molecule has 1 aromatic heterocycles. The Labute approximate surface area is 107 Å². The van der Waals surface area contributed by atoms with E-state index in [9.17, 15) is 0 Å². The van der Waals surface area contributed by atoms with Gasteiger partial charge in [-0.05, 0) is 6.42 Å². The van der Waals surface area contributed by atoms with Gasteiger partial charge in [0, 0.05) is 19.1 Å². The summed E-state index contributed by atoms with van der Waals surface area (Å²) in [5.74, 6) is 0. The Bertz CT molecular complexity index is 314. The molecule has 0 amide bonds. The lowest BCUT2D eigenvalue weighted by Crippen LogP contribution is -3.00. The quantitative estimate of drug-likeness (QED) is 0.628. The average molecular weight is 288 g/mol. The summed E-state index contributed by atoms with van der Waals surface area (Å²) >= 11 is 0. The van der Waals surface area contributed by atoms with Crippen LogP contribution in [0.2, 0.25) is 0 Å². The molecule has 0 radical (unpaired) electrons. The van der Waals surface area contributed by atoms with Gasteiger partial charge in [-0.3, -0.25) is 0 Å². The van der Waals surface area contributed by atoms with E-state index in [1.54, 1.807) is 0 Å². The lowest BCUT2D eigenvalue weighted by molar-refractivity contribution is -0.705. The average Bonchev–Trinajstić information content (AvgIpc) is 2.29. The Kier molecular flexibility index (Phi) is 5.95. The standard InChI is InChI=1S/C12H18NO2.BrH/c1-11-5-2-3-7-13(11)8-6-12-14-9-4-10-15-12;/h2-3,5,7,12H,4,6,8-10H2,1H3;1H/q+1;/p-1. The first-order chi connectivity index (χ1) is 7.36. The maximum atomic E-state index is 5.50. The van der Waals surface area contributed by atoms with Crippen molar-refractivity contribution in [3.8, 4) is 0 Å². The van der Waals surface area contributed by atoms with Crippen molar-refractivity contribution >= 4 is 0 Å². The van der Waals surface area contributed by atoms with Gasteiger partial charge < -0.3 is 26.5 Å². The van der Waals surface area contributed by atoms with Crippen molar-refractivity contribution in [3.05, 3.63) is 30.1 Å². The number of pyridine rings is 1. The first-order valence-corrected chi connectivity index (χ1v) is 5.54. The second-order valence-electron chi connectivity index (χ2n) is 3.85. The molecule has 1 aromatic rings. The van der Waals surface area contributed by atoms with E-state index in [4.69, 9.17) is 9.47 Å². The van der Waals surface area contributed by atoms with Gasteiger partial charge in [0.1, 0.15) is 0 Å². The van der Waals surface area contributed by atoms with Crippen LogP contribution >= 0.6 is 0 Å². The maximum Gasteiger partial charge on any atom is 0.178 e. The van der Waals surface area contributed by atoms with Crippen LogP contribution < -0.4 is 21.5 Å². The van der Waals surface area contributed by atoms with E-state index in [1.165, 1.54) is 5.69 Å². The Morgan fingerprint density at radius 3 is 2.75 bits per heavy atom. The van der Waals surface area contributed by atoms with Crippen molar-refractivity contribution in [3.63, 3.8) is 0 Å². The molecule has 90 valence electrons. The summed E-state index contributed by atoms with van der Waals surface area (Å²) in [5, 5.41) is 0. The lowest BCUT2D eigenvalue weighted by atomic mass is 10.3. The van der Waals surface area contributed by atoms with Crippen molar-refractivity contribution in [1.29, 1.82) is 0 Å². The number of aryl methyl sites for hydroxylation is 2. The molecule has 0 saturated carbocycles. The van der Waals surface area contributed by atoms with Gasteiger partial charge >= 0.3 is 0 Å². The van der Waals surface area contributed by atoms with Gasteiger partial charge in [-0.25, -0.2) is 4.57 Å². The summed E-state index contributed by atoms with van der Waals surface area (Å²) < 4.78 is 13.2. The number of hydrogen-bond acceptors (Lipinski definition) is 2. The highest BCUT2D eigenvalue weighted by Crippen LogP contribution is 2.08. The van der Waals surface area contributed by atoms with Gasteiger partial charge in [-0.1, -0.05) is 6.07 Å². The molecule has 1 aliphatic rings. The van der Waals surface area contributed by atoms with Crippen LogP contribution in [0.1, 0.15) is 18.5 Å². The minimum atomic E-state index is -0.00847. The summed E-state index contributed by atoms with van der Waals surface area (Å²) in [7, 11) is 0. The molecular formula is C12H18BrNO2. The summed E-state index contributed by atoms with van der Waals surface area (Å²) in [6.07, 6.45) is 4.03. The van der Waals surface area contributed by atoms with Crippen molar-refractivity contribution in [2.45, 2.75) is 32.6 Å². The van der Waals surface area contributed by atoms with Gasteiger partial charge in [-0.15, -0.1) is 0 Å². The fraction of sp³-hybridized carbons (Fsp3) is 0.583. The zero-order valence-electron chi connectivity index (χ0n) is 9.56. The molecule has 0 spiro atoms. The Hall–Kier alpha value is -0.450. The fourth-order valence-corrected chi connectivity index (χ4v) is 1.76. The van der Waals surface area contributed by atoms with Gasteiger partial charge in [-0.2, -0.15) is 0 Å². The monoisotopic (exact) mass is 287 g/mol. The van der Waals surface area contributed by atoms with Gasteiger partial charge in [0.25, 0.3) is 0 Å². The number of nitrogens with zero attached hydrogens (tertiary/aromatic N) is 1. The molecular weight excluding hydrogens is 270 g/mol. The number of halogens is 1. The van der Waals surface area contributed by atoms with Gasteiger partial charge in [0.05, 0.1) is 19.6 Å². The van der Waals surface area contributed by atoms with Crippen LogP contribution in [0.15, 0.2) is 24.4 Å². The molecule has 1 aliphatic heterocycles. The fourth-order valence-electron chi connectivity index (χ4n) is 1.76. The molecule has 2 heterocycles. The molecule has 0 atom stereocenters. The lowest BCUT2D eigenvalue weighted by Gasteiger charge is -2.22. The van der Waals surface area contributed by atoms with Crippen molar-refractivity contribution < 1.29 is 31.0 Å². The highest BCUT2D eigenvalue weighted by Gasteiger charge is 2.16. The first kappa shape index (κ1) is 13.6. The zero-order chi connectivity index (χ0) is 10.5. The molecule has 3 nitrogen and oxygen atoms in total. The second kappa shape index (κ2) is 6.99. The Balaban J connectivity index is 0.00000128. The van der Waals surface area contributed by atoms with Crippen molar-refractivity contribution in [1.82, 2.24) is 0 Å². The predicted octanol–water partition coefficient (Wildman–Crippen LogP) is -1.56. The van der Waals surface area contributed by atoms with E-state index in [0.29, 0.717) is 0 Å². The summed E-state index contributed by atoms with van der Waals surface area (Å²) in [4.78, 5) is 0. The minimum Gasteiger partial charge on any atom is -1.00 e. The highest BCUT2D eigenvalue weighted by atomic mass is 79.9. The third-order valence-corrected chi connectivity index (χ3v) is 2.67. The predicted molar refractivity (Wildman–Crippen MR) is 56.3 cm³/mol. The number of ether oxygens (including phenoxy) is 2. The molecule has 0 aliphatic carbocycles. The number of rotatable bonds is 3. The van der Waals surface area contributed by atoms with Gasteiger partial charge in [0.2, 0.25) is 0 Å². The SMILES string of the molecule is Cc1cccc[n+]1CCC1OCCCO1.[Br-]. The van der Waals surface area contributed by atoms with Gasteiger partial charge in [0.15, 0.2) is 24.7 Å². The molecule has 2 rings (SSSR count). The Morgan fingerprint density at radius 1 is 1.31 bits per heavy atom. The number of aromatic nitrogens is 1. The van der Waals surface area contributed by atoms with Crippen LogP contribution in [0.4, 0.5) is 0 Å². The minimum absolute atomic E-state index is 0. The van der Waals surface area contributed by atoms with Crippen LogP contribution in [-0.4, -0.2) is 19.5 Å². The van der Waals surface area contributed by atoms with Crippen LogP contribution in [0.25, 0.3) is 0 Å². The summed E-state index contributed by atoms with van der Waals surface area (Å²) in [5.41, 5.74) is 1.27. The van der Waals surface area contributed by atoms with Crippen LogP contribution in [0.3, 0.4) is 0 Å². The number of hydrogen-bond donors (Lipinski definition) is 0. The van der Waals surface area contributed by atoms with E-state index in [0.717, 1.165) is 32.6 Å². The van der Waals surface area contributed by atoms with E-state index in [1.807, 2.05) is 0 Å². The normalized spacial score (nSPS) is 16.8. The first-order valence-electron chi connectivity index (χ1n) is 5.54. The smallest absolute Gasteiger partial charge is 0.178 e. The summed E-state index contributed by atoms with van der Waals surface area (Å²) in [6, 6.07) is 6.22. The molecule has 0 bridgehead atoms. The summed E-state index contributed by atoms with van der Waals surface area (Å²) in [6.45, 7) is 4.74. The van der Waals surface area contributed by atoms with E-state index >= 15 is 0 Å². The van der Waals surface area contributed by atoms with E-state index in [2.05, 4.69) is 35.9 Å². The van der Waals surface area contributed by atoms with Crippen molar-refractivity contribution in [2.24, 2.45) is 0 Å². The molecule has 16 heavy (non-hydrogen) atoms. The molecule has 4 heteroatoms. The second-order valence-corrected chi connectivity index (χ2v) is 3.85. The van der Waals surface area contributed by atoms with Crippen LogP contribution in [-0.2, 0) is 16.0 Å². The largest absolute Gasteiger partial charge is 1.00 e. The highest BCUT2D eigenvalue weighted by molar-refractivity contribution is 4.93. The third kappa shape index (κ3) is 3.85. The third-order valence-electron chi connectivity index (χ3n) is 2.67. The zero-order valence-corrected chi connectivity index (χ0v) is 11.1. The molecule has 0 N–H and O–H groups in total. The Morgan fingerprint density at radius 2 is 2.06 bits per heavy atom. The maximum absolute atomic E-state index is 5.50. The van der Waals surface area contributed by atoms with Crippen LogP contribution in [0.5, 0.6) is 0 Å². The topological polar surface area (TPSA) is 22.3 Å².